The summed E-state index contributed by atoms with van der Waals surface area (Å²) in [6.45, 7) is 5.82. The van der Waals surface area contributed by atoms with E-state index in [0.29, 0.717) is 6.42 Å². The van der Waals surface area contributed by atoms with E-state index < -0.39 is 16.1 Å². The number of sulfonamides is 1. The van der Waals surface area contributed by atoms with Crippen LogP contribution in [0.4, 0.5) is 5.69 Å². The Morgan fingerprint density at radius 2 is 1.95 bits per heavy atom. The maximum Gasteiger partial charge on any atom is 0.240 e. The molecule has 20 heavy (non-hydrogen) atoms. The number of anilines is 1. The van der Waals surface area contributed by atoms with Crippen molar-refractivity contribution in [3.05, 3.63) is 18.2 Å². The predicted molar refractivity (Wildman–Crippen MR) is 77.8 cm³/mol. The molecule has 0 saturated carbocycles. The average Bonchev–Trinajstić information content (AvgIpc) is 2.28. The van der Waals surface area contributed by atoms with E-state index >= 15 is 0 Å². The summed E-state index contributed by atoms with van der Waals surface area (Å²) in [7, 11) is -3.75. The fourth-order valence-electron chi connectivity index (χ4n) is 1.77. The zero-order chi connectivity index (χ0) is 15.6. The second-order valence-electron chi connectivity index (χ2n) is 5.99. The van der Waals surface area contributed by atoms with Crippen LogP contribution in [0.2, 0.25) is 0 Å². The summed E-state index contributed by atoms with van der Waals surface area (Å²) >= 11 is 0. The minimum atomic E-state index is -3.75. The van der Waals surface area contributed by atoms with Crippen LogP contribution in [0, 0.1) is 5.41 Å². The molecular formula is C13H22N2O4S. The van der Waals surface area contributed by atoms with Gasteiger partial charge >= 0.3 is 0 Å². The monoisotopic (exact) mass is 302 g/mol. The molecule has 0 amide bonds. The average molecular weight is 302 g/mol. The molecule has 1 atom stereocenters. The van der Waals surface area contributed by atoms with Gasteiger partial charge in [-0.1, -0.05) is 20.8 Å². The van der Waals surface area contributed by atoms with Crippen molar-refractivity contribution < 1.29 is 18.6 Å². The second-order valence-corrected chi connectivity index (χ2v) is 7.76. The van der Waals surface area contributed by atoms with E-state index in [1.165, 1.54) is 18.2 Å². The van der Waals surface area contributed by atoms with Gasteiger partial charge in [0.15, 0.2) is 0 Å². The minimum Gasteiger partial charge on any atom is -0.506 e. The van der Waals surface area contributed by atoms with Crippen LogP contribution in [0.3, 0.4) is 0 Å². The smallest absolute Gasteiger partial charge is 0.240 e. The van der Waals surface area contributed by atoms with E-state index in [-0.39, 0.29) is 28.3 Å². The highest BCUT2D eigenvalue weighted by Crippen LogP contribution is 2.23. The predicted octanol–water partition coefficient (Wildman–Crippen LogP) is 1.05. The van der Waals surface area contributed by atoms with Crippen molar-refractivity contribution in [2.75, 3.05) is 12.3 Å². The third-order valence-electron chi connectivity index (χ3n) is 2.67. The molecule has 1 aromatic carbocycles. The third-order valence-corrected chi connectivity index (χ3v) is 4.09. The summed E-state index contributed by atoms with van der Waals surface area (Å²) < 4.78 is 26.3. The summed E-state index contributed by atoms with van der Waals surface area (Å²) in [6.07, 6.45) is -0.285. The lowest BCUT2D eigenvalue weighted by atomic mass is 9.89. The molecule has 0 heterocycles. The SMILES string of the molecule is CC(C)(C)CC(O)CNS(=O)(=O)c1ccc(O)c(N)c1. The van der Waals surface area contributed by atoms with Crippen molar-refractivity contribution in [3.63, 3.8) is 0 Å². The number of nitrogens with two attached hydrogens (primary N) is 1. The second kappa shape index (κ2) is 5.99. The van der Waals surface area contributed by atoms with Crippen LogP contribution < -0.4 is 10.5 Å². The minimum absolute atomic E-state index is 0.0110. The van der Waals surface area contributed by atoms with Crippen molar-refractivity contribution in [2.24, 2.45) is 5.41 Å². The molecule has 0 saturated heterocycles. The largest absolute Gasteiger partial charge is 0.506 e. The lowest BCUT2D eigenvalue weighted by Crippen LogP contribution is -2.34. The van der Waals surface area contributed by atoms with Crippen molar-refractivity contribution in [3.8, 4) is 5.75 Å². The molecule has 0 spiro atoms. The van der Waals surface area contributed by atoms with Gasteiger partial charge in [0.1, 0.15) is 5.75 Å². The molecular weight excluding hydrogens is 280 g/mol. The van der Waals surface area contributed by atoms with Gasteiger partial charge in [0, 0.05) is 6.54 Å². The molecule has 6 nitrogen and oxygen atoms in total. The van der Waals surface area contributed by atoms with Gasteiger partial charge in [-0.15, -0.1) is 0 Å². The van der Waals surface area contributed by atoms with Crippen molar-refractivity contribution in [2.45, 2.75) is 38.2 Å². The molecule has 7 heteroatoms. The zero-order valence-electron chi connectivity index (χ0n) is 11.9. The molecule has 5 N–H and O–H groups in total. The fraction of sp³-hybridized carbons (Fsp3) is 0.538. The van der Waals surface area contributed by atoms with Gasteiger partial charge in [-0.05, 0) is 30.0 Å². The van der Waals surface area contributed by atoms with Crippen LogP contribution in [0.15, 0.2) is 23.1 Å². The third kappa shape index (κ3) is 4.99. The highest BCUT2D eigenvalue weighted by molar-refractivity contribution is 7.89. The van der Waals surface area contributed by atoms with E-state index in [1.807, 2.05) is 20.8 Å². The fourth-order valence-corrected chi connectivity index (χ4v) is 2.88. The van der Waals surface area contributed by atoms with Crippen LogP contribution in [0.25, 0.3) is 0 Å². The molecule has 114 valence electrons. The van der Waals surface area contributed by atoms with E-state index in [0.717, 1.165) is 0 Å². The van der Waals surface area contributed by atoms with E-state index in [9.17, 15) is 18.6 Å². The van der Waals surface area contributed by atoms with Gasteiger partial charge in [0.25, 0.3) is 0 Å². The van der Waals surface area contributed by atoms with Crippen LogP contribution in [0.1, 0.15) is 27.2 Å². The molecule has 0 aliphatic carbocycles. The Hall–Kier alpha value is -1.31. The summed E-state index contributed by atoms with van der Waals surface area (Å²) in [5, 5.41) is 19.1. The van der Waals surface area contributed by atoms with E-state index in [2.05, 4.69) is 4.72 Å². The van der Waals surface area contributed by atoms with Crippen LogP contribution in [0.5, 0.6) is 5.75 Å². The van der Waals surface area contributed by atoms with Crippen LogP contribution >= 0.6 is 0 Å². The molecule has 1 unspecified atom stereocenters. The Morgan fingerprint density at radius 1 is 1.35 bits per heavy atom. The van der Waals surface area contributed by atoms with Crippen LogP contribution in [-0.2, 0) is 10.0 Å². The lowest BCUT2D eigenvalue weighted by molar-refractivity contribution is 0.125. The first kappa shape index (κ1) is 16.7. The molecule has 0 radical (unpaired) electrons. The van der Waals surface area contributed by atoms with Gasteiger partial charge in [-0.3, -0.25) is 0 Å². The Labute approximate surface area is 119 Å². The number of aromatic hydroxyl groups is 1. The number of benzene rings is 1. The number of nitrogen functional groups attached to an aromatic ring is 1. The van der Waals surface area contributed by atoms with Gasteiger partial charge in [0.2, 0.25) is 10.0 Å². The topological polar surface area (TPSA) is 113 Å². The molecule has 0 bridgehead atoms. The maximum absolute atomic E-state index is 12.0. The highest BCUT2D eigenvalue weighted by Gasteiger charge is 2.20. The number of phenols is 1. The summed E-state index contributed by atoms with van der Waals surface area (Å²) in [4.78, 5) is -0.0456. The van der Waals surface area contributed by atoms with Crippen molar-refractivity contribution in [1.29, 1.82) is 0 Å². The van der Waals surface area contributed by atoms with Gasteiger partial charge in [0.05, 0.1) is 16.7 Å². The quantitative estimate of drug-likeness (QED) is 0.480. The molecule has 0 fully saturated rings. The Kier molecular flexibility index (Phi) is 5.01. The van der Waals surface area contributed by atoms with Gasteiger partial charge < -0.3 is 15.9 Å². The van der Waals surface area contributed by atoms with E-state index in [4.69, 9.17) is 5.73 Å². The van der Waals surface area contributed by atoms with E-state index in [1.54, 1.807) is 0 Å². The summed E-state index contributed by atoms with van der Waals surface area (Å²) in [5.41, 5.74) is 5.36. The van der Waals surface area contributed by atoms with Gasteiger partial charge in [-0.2, -0.15) is 0 Å². The van der Waals surface area contributed by atoms with Crippen LogP contribution in [-0.4, -0.2) is 31.3 Å². The number of hydrogen-bond acceptors (Lipinski definition) is 5. The molecule has 1 rings (SSSR count). The first-order valence-electron chi connectivity index (χ1n) is 6.27. The Bertz CT molecular complexity index is 564. The zero-order valence-corrected chi connectivity index (χ0v) is 12.7. The molecule has 0 aliphatic heterocycles. The number of phenolic OH excluding ortho intramolecular Hbond substituents is 1. The first-order valence-corrected chi connectivity index (χ1v) is 7.76. The number of rotatable bonds is 5. The number of aliphatic hydroxyl groups excluding tert-OH is 1. The first-order chi connectivity index (χ1) is 9.01. The summed E-state index contributed by atoms with van der Waals surface area (Å²) in [5.74, 6) is -0.170. The Morgan fingerprint density at radius 3 is 2.45 bits per heavy atom. The summed E-state index contributed by atoms with van der Waals surface area (Å²) in [6, 6.07) is 3.65. The molecule has 1 aromatic rings. The normalized spacial score (nSPS) is 14.2. The maximum atomic E-state index is 12.0. The van der Waals surface area contributed by atoms with Crippen molar-refractivity contribution in [1.82, 2.24) is 4.72 Å². The Balaban J connectivity index is 2.73. The molecule has 0 aliphatic rings. The lowest BCUT2D eigenvalue weighted by Gasteiger charge is -2.22. The standard InChI is InChI=1S/C13H22N2O4S/c1-13(2,3)7-9(16)8-15-20(18,19)10-4-5-12(17)11(14)6-10/h4-6,9,15-17H,7-8,14H2,1-3H3. The number of nitrogens with one attached hydrogen (secondary N) is 1. The highest BCUT2D eigenvalue weighted by atomic mass is 32.2. The molecule has 0 aromatic heterocycles. The number of hydrogen-bond donors (Lipinski definition) is 4. The van der Waals surface area contributed by atoms with Crippen molar-refractivity contribution >= 4 is 15.7 Å². The van der Waals surface area contributed by atoms with Gasteiger partial charge in [-0.25, -0.2) is 13.1 Å². The number of aliphatic hydroxyl groups is 1.